The van der Waals surface area contributed by atoms with Crippen LogP contribution in [0.1, 0.15) is 50.2 Å². The molecule has 1 aliphatic carbocycles. The van der Waals surface area contributed by atoms with Gasteiger partial charge in [0.05, 0.1) is 17.1 Å². The van der Waals surface area contributed by atoms with Crippen LogP contribution in [0, 0.1) is 10.1 Å². The van der Waals surface area contributed by atoms with Gasteiger partial charge < -0.3 is 9.84 Å². The molecule has 2 fully saturated rings. The molecule has 0 radical (unpaired) electrons. The smallest absolute Gasteiger partial charge is 0.269 e. The highest BCUT2D eigenvalue weighted by Gasteiger charge is 2.29. The molecule has 3 rings (SSSR count). The summed E-state index contributed by atoms with van der Waals surface area (Å²) in [5, 5.41) is 21.6. The summed E-state index contributed by atoms with van der Waals surface area (Å²) in [6, 6.07) is 6.82. The Labute approximate surface area is 142 Å². The van der Waals surface area contributed by atoms with Crippen molar-refractivity contribution in [2.75, 3.05) is 19.7 Å². The standard InChI is InChI=1S/C18H26N2O4/c21-18(14-5-3-8-16(11-14)20(22)23)13-19(15-6-1-2-7-15)12-17-9-4-10-24-17/h3,5,8,11,15,17-18,21H,1-2,4,6-7,9-10,12-13H2. The number of hydrogen-bond donors (Lipinski definition) is 1. The van der Waals surface area contributed by atoms with Crippen LogP contribution in [0.3, 0.4) is 0 Å². The van der Waals surface area contributed by atoms with Crippen molar-refractivity contribution in [3.8, 4) is 0 Å². The number of nitro groups is 1. The largest absolute Gasteiger partial charge is 0.387 e. The Balaban J connectivity index is 1.68. The normalized spacial score (nSPS) is 23.0. The molecule has 1 heterocycles. The summed E-state index contributed by atoms with van der Waals surface area (Å²) in [7, 11) is 0. The number of nitro benzene ring substituents is 1. The zero-order chi connectivity index (χ0) is 16.9. The maximum atomic E-state index is 10.9. The van der Waals surface area contributed by atoms with Gasteiger partial charge in [0.2, 0.25) is 0 Å². The van der Waals surface area contributed by atoms with E-state index in [0.717, 1.165) is 38.8 Å². The Morgan fingerprint density at radius 2 is 2.08 bits per heavy atom. The molecule has 1 N–H and O–H groups in total. The third kappa shape index (κ3) is 4.32. The minimum atomic E-state index is -0.716. The van der Waals surface area contributed by atoms with Gasteiger partial charge in [-0.3, -0.25) is 15.0 Å². The van der Waals surface area contributed by atoms with Gasteiger partial charge in [-0.15, -0.1) is 0 Å². The lowest BCUT2D eigenvalue weighted by molar-refractivity contribution is -0.385. The molecule has 0 amide bonds. The van der Waals surface area contributed by atoms with Crippen molar-refractivity contribution in [3.63, 3.8) is 0 Å². The summed E-state index contributed by atoms with van der Waals surface area (Å²) in [6.07, 6.45) is 6.52. The summed E-state index contributed by atoms with van der Waals surface area (Å²) in [5.74, 6) is 0. The molecule has 1 aromatic rings. The van der Waals surface area contributed by atoms with E-state index in [2.05, 4.69) is 4.90 Å². The minimum Gasteiger partial charge on any atom is -0.387 e. The van der Waals surface area contributed by atoms with E-state index in [1.807, 2.05) is 0 Å². The fraction of sp³-hybridized carbons (Fsp3) is 0.667. The van der Waals surface area contributed by atoms with Gasteiger partial charge in [0.1, 0.15) is 0 Å². The summed E-state index contributed by atoms with van der Waals surface area (Å²) < 4.78 is 5.77. The first-order valence-electron chi connectivity index (χ1n) is 8.91. The highest BCUT2D eigenvalue weighted by atomic mass is 16.6. The molecule has 0 spiro atoms. The minimum absolute atomic E-state index is 0.0260. The molecule has 2 unspecified atom stereocenters. The molecule has 2 atom stereocenters. The molecule has 1 aliphatic heterocycles. The molecular formula is C18H26N2O4. The first-order valence-corrected chi connectivity index (χ1v) is 8.91. The number of rotatable bonds is 7. The highest BCUT2D eigenvalue weighted by Crippen LogP contribution is 2.28. The van der Waals surface area contributed by atoms with E-state index in [0.29, 0.717) is 18.2 Å². The lowest BCUT2D eigenvalue weighted by Crippen LogP contribution is -2.41. The van der Waals surface area contributed by atoms with Crippen LogP contribution >= 0.6 is 0 Å². The summed E-state index contributed by atoms with van der Waals surface area (Å²) >= 11 is 0. The van der Waals surface area contributed by atoms with Gasteiger partial charge in [-0.25, -0.2) is 0 Å². The Kier molecular flexibility index (Phi) is 5.81. The molecular weight excluding hydrogens is 308 g/mol. The van der Waals surface area contributed by atoms with Gasteiger partial charge in [-0.05, 0) is 31.2 Å². The van der Waals surface area contributed by atoms with E-state index in [1.54, 1.807) is 12.1 Å². The van der Waals surface area contributed by atoms with Crippen LogP contribution in [0.2, 0.25) is 0 Å². The van der Waals surface area contributed by atoms with E-state index in [-0.39, 0.29) is 11.8 Å². The molecule has 1 saturated heterocycles. The van der Waals surface area contributed by atoms with Crippen molar-refractivity contribution in [2.24, 2.45) is 0 Å². The van der Waals surface area contributed by atoms with Gasteiger partial charge in [-0.2, -0.15) is 0 Å². The maximum absolute atomic E-state index is 10.9. The van der Waals surface area contributed by atoms with Crippen LogP contribution in [-0.4, -0.2) is 46.8 Å². The average Bonchev–Trinajstić information content (AvgIpc) is 3.28. The second-order valence-electron chi connectivity index (χ2n) is 6.90. The van der Waals surface area contributed by atoms with E-state index in [9.17, 15) is 15.2 Å². The van der Waals surface area contributed by atoms with Crippen molar-refractivity contribution < 1.29 is 14.8 Å². The number of nitrogens with zero attached hydrogens (tertiary/aromatic N) is 2. The van der Waals surface area contributed by atoms with E-state index in [1.165, 1.54) is 25.0 Å². The lowest BCUT2D eigenvalue weighted by Gasteiger charge is -2.32. The van der Waals surface area contributed by atoms with Gasteiger partial charge >= 0.3 is 0 Å². The molecule has 24 heavy (non-hydrogen) atoms. The number of non-ortho nitro benzene ring substituents is 1. The molecule has 1 aromatic carbocycles. The molecule has 6 nitrogen and oxygen atoms in total. The molecule has 6 heteroatoms. The van der Waals surface area contributed by atoms with Crippen molar-refractivity contribution in [3.05, 3.63) is 39.9 Å². The van der Waals surface area contributed by atoms with Crippen LogP contribution < -0.4 is 0 Å². The molecule has 0 aromatic heterocycles. The first-order chi connectivity index (χ1) is 11.6. The number of benzene rings is 1. The van der Waals surface area contributed by atoms with Crippen molar-refractivity contribution in [2.45, 2.75) is 56.8 Å². The number of aliphatic hydroxyl groups is 1. The fourth-order valence-corrected chi connectivity index (χ4v) is 3.87. The molecule has 1 saturated carbocycles. The van der Waals surface area contributed by atoms with Gasteiger partial charge in [0.15, 0.2) is 0 Å². The molecule has 132 valence electrons. The first kappa shape index (κ1) is 17.3. The summed E-state index contributed by atoms with van der Waals surface area (Å²) in [5.41, 5.74) is 0.637. The van der Waals surface area contributed by atoms with Crippen LogP contribution in [-0.2, 0) is 4.74 Å². The third-order valence-corrected chi connectivity index (χ3v) is 5.18. The zero-order valence-corrected chi connectivity index (χ0v) is 14.0. The summed E-state index contributed by atoms with van der Waals surface area (Å²) in [4.78, 5) is 12.9. The average molecular weight is 334 g/mol. The predicted octanol–water partition coefficient (Wildman–Crippen LogP) is 3.05. The Morgan fingerprint density at radius 1 is 1.29 bits per heavy atom. The number of hydrogen-bond acceptors (Lipinski definition) is 5. The SMILES string of the molecule is O=[N+]([O-])c1cccc(C(O)CN(CC2CCCO2)C2CCCC2)c1. The van der Waals surface area contributed by atoms with Gasteiger partial charge in [-0.1, -0.05) is 25.0 Å². The second-order valence-corrected chi connectivity index (χ2v) is 6.90. The molecule has 2 aliphatic rings. The fourth-order valence-electron chi connectivity index (χ4n) is 3.87. The number of ether oxygens (including phenoxy) is 1. The van der Waals surface area contributed by atoms with Crippen molar-refractivity contribution in [1.82, 2.24) is 4.90 Å². The van der Waals surface area contributed by atoms with Crippen LogP contribution in [0.25, 0.3) is 0 Å². The lowest BCUT2D eigenvalue weighted by atomic mass is 10.1. The van der Waals surface area contributed by atoms with Gasteiger partial charge in [0.25, 0.3) is 5.69 Å². The quantitative estimate of drug-likeness (QED) is 0.613. The van der Waals surface area contributed by atoms with E-state index in [4.69, 9.17) is 4.74 Å². The van der Waals surface area contributed by atoms with Crippen LogP contribution in [0.15, 0.2) is 24.3 Å². The topological polar surface area (TPSA) is 75.8 Å². The van der Waals surface area contributed by atoms with Gasteiger partial charge in [0, 0.05) is 37.9 Å². The van der Waals surface area contributed by atoms with Crippen LogP contribution in [0.5, 0.6) is 0 Å². The molecule has 0 bridgehead atoms. The second kappa shape index (κ2) is 8.05. The van der Waals surface area contributed by atoms with Crippen LogP contribution in [0.4, 0.5) is 5.69 Å². The maximum Gasteiger partial charge on any atom is 0.269 e. The number of aliphatic hydroxyl groups excluding tert-OH is 1. The van der Waals surface area contributed by atoms with Crippen molar-refractivity contribution in [1.29, 1.82) is 0 Å². The Morgan fingerprint density at radius 3 is 2.75 bits per heavy atom. The van der Waals surface area contributed by atoms with Crippen molar-refractivity contribution >= 4 is 5.69 Å². The van der Waals surface area contributed by atoms with E-state index < -0.39 is 11.0 Å². The van der Waals surface area contributed by atoms with E-state index >= 15 is 0 Å². The zero-order valence-electron chi connectivity index (χ0n) is 14.0. The Hall–Kier alpha value is -1.50. The predicted molar refractivity (Wildman–Crippen MR) is 90.9 cm³/mol. The highest BCUT2D eigenvalue weighted by molar-refractivity contribution is 5.35. The monoisotopic (exact) mass is 334 g/mol. The Bertz CT molecular complexity index is 554. The summed E-state index contributed by atoms with van der Waals surface area (Å²) in [6.45, 7) is 2.18. The third-order valence-electron chi connectivity index (χ3n) is 5.18.